The van der Waals surface area contributed by atoms with Crippen molar-refractivity contribution >= 4 is 16.1 Å². The lowest BCUT2D eigenvalue weighted by Gasteiger charge is -2.37. The first-order valence-corrected chi connectivity index (χ1v) is 13.3. The van der Waals surface area contributed by atoms with Crippen LogP contribution in [-0.2, 0) is 28.1 Å². The fourth-order valence-corrected chi connectivity index (χ4v) is 6.25. The van der Waals surface area contributed by atoms with Crippen LogP contribution < -0.4 is 10.1 Å². The van der Waals surface area contributed by atoms with Crippen molar-refractivity contribution in [3.05, 3.63) is 35.9 Å². The van der Waals surface area contributed by atoms with Crippen molar-refractivity contribution in [3.8, 4) is 5.75 Å². The van der Waals surface area contributed by atoms with Crippen molar-refractivity contribution in [2.24, 2.45) is 5.41 Å². The lowest BCUT2D eigenvalue weighted by atomic mass is 9.83. The van der Waals surface area contributed by atoms with Gasteiger partial charge in [-0.1, -0.05) is 19.1 Å². The largest absolute Gasteiger partial charge is 0.489 e. The number of amides is 1. The zero-order valence-electron chi connectivity index (χ0n) is 20.0. The van der Waals surface area contributed by atoms with Crippen LogP contribution in [0.3, 0.4) is 0 Å². The number of nitrogens with zero attached hydrogens (tertiary/aromatic N) is 6. The fraction of sp³-hybridized carbons (Fsp3) is 0.636. The third-order valence-corrected chi connectivity index (χ3v) is 8.84. The summed E-state index contributed by atoms with van der Waals surface area (Å²) < 4.78 is 43.4. The third-order valence-electron chi connectivity index (χ3n) is 6.87. The van der Waals surface area contributed by atoms with Crippen molar-refractivity contribution < 1.29 is 22.7 Å². The van der Waals surface area contributed by atoms with Crippen LogP contribution in [0.15, 0.2) is 24.5 Å². The van der Waals surface area contributed by atoms with Crippen molar-refractivity contribution in [1.82, 2.24) is 33.9 Å². The number of carbonyl (C=O) groups is 1. The number of pyridine rings is 1. The lowest BCUT2D eigenvalue weighted by molar-refractivity contribution is 0.0318. The maximum Gasteiger partial charge on any atom is 0.282 e. The van der Waals surface area contributed by atoms with E-state index in [9.17, 15) is 13.2 Å². The molecule has 13 heteroatoms. The second-order valence-corrected chi connectivity index (χ2v) is 11.9. The van der Waals surface area contributed by atoms with Crippen LogP contribution in [0.2, 0.25) is 0 Å². The summed E-state index contributed by atoms with van der Waals surface area (Å²) in [5.74, 6) is -0.0922. The molecule has 2 fully saturated rings. The molecule has 12 nitrogen and oxygen atoms in total. The van der Waals surface area contributed by atoms with E-state index in [1.54, 1.807) is 23.0 Å². The Morgan fingerprint density at radius 3 is 2.74 bits per heavy atom. The van der Waals surface area contributed by atoms with Gasteiger partial charge in [0.05, 0.1) is 31.5 Å². The summed E-state index contributed by atoms with van der Waals surface area (Å²) in [4.78, 5) is 17.3. The number of hydrogen-bond acceptors (Lipinski definition) is 8. The van der Waals surface area contributed by atoms with Crippen LogP contribution in [0.4, 0.5) is 0 Å². The zero-order chi connectivity index (χ0) is 24.6. The van der Waals surface area contributed by atoms with Gasteiger partial charge in [-0.25, -0.2) is 9.67 Å². The van der Waals surface area contributed by atoms with Gasteiger partial charge in [-0.2, -0.15) is 17.0 Å². The van der Waals surface area contributed by atoms with E-state index in [0.29, 0.717) is 31.1 Å². The van der Waals surface area contributed by atoms with E-state index in [1.807, 2.05) is 0 Å². The Morgan fingerprint density at radius 2 is 1.94 bits per heavy atom. The van der Waals surface area contributed by atoms with Crippen LogP contribution in [0.1, 0.15) is 42.9 Å². The number of ether oxygens (including phenoxy) is 2. The van der Waals surface area contributed by atoms with E-state index in [0.717, 1.165) is 12.8 Å². The number of hydrogen-bond donors (Lipinski definition) is 1. The Hall–Kier alpha value is -2.61. The van der Waals surface area contributed by atoms with Crippen LogP contribution in [0.5, 0.6) is 5.75 Å². The summed E-state index contributed by atoms with van der Waals surface area (Å²) in [6, 6.07) is 2.81. The molecule has 190 valence electrons. The van der Waals surface area contributed by atoms with Gasteiger partial charge in [0, 0.05) is 32.4 Å². The maximum atomic E-state index is 13.5. The number of fused-ring (bicyclic) bond motifs is 4. The molecular formula is C22H31N7O5S. The molecule has 3 aliphatic heterocycles. The molecule has 3 aliphatic rings. The van der Waals surface area contributed by atoms with Gasteiger partial charge in [0.1, 0.15) is 12.3 Å². The molecule has 2 bridgehead atoms. The van der Waals surface area contributed by atoms with E-state index in [-0.39, 0.29) is 37.4 Å². The van der Waals surface area contributed by atoms with Gasteiger partial charge in [-0.05, 0) is 30.4 Å². The summed E-state index contributed by atoms with van der Waals surface area (Å²) in [7, 11) is -3.70. The topological polar surface area (TPSA) is 132 Å². The third kappa shape index (κ3) is 5.17. The first-order chi connectivity index (χ1) is 16.7. The van der Waals surface area contributed by atoms with E-state index in [2.05, 4.69) is 34.5 Å². The molecular weight excluding hydrogens is 474 g/mol. The molecule has 0 aliphatic carbocycles. The summed E-state index contributed by atoms with van der Waals surface area (Å²) in [6.45, 7) is 6.38. The lowest BCUT2D eigenvalue weighted by Crippen LogP contribution is -2.48. The van der Waals surface area contributed by atoms with E-state index >= 15 is 0 Å². The van der Waals surface area contributed by atoms with Gasteiger partial charge in [0.15, 0.2) is 11.4 Å². The fourth-order valence-electron chi connectivity index (χ4n) is 4.59. The Morgan fingerprint density at radius 1 is 1.14 bits per heavy atom. The number of carbonyl (C=O) groups excluding carboxylic acids is 1. The summed E-state index contributed by atoms with van der Waals surface area (Å²) in [6.07, 6.45) is 4.34. The zero-order valence-corrected chi connectivity index (χ0v) is 20.8. The first kappa shape index (κ1) is 24.1. The number of rotatable bonds is 2. The van der Waals surface area contributed by atoms with E-state index in [1.165, 1.54) is 14.8 Å². The molecule has 0 aromatic carbocycles. The molecule has 0 saturated carbocycles. The van der Waals surface area contributed by atoms with Crippen LogP contribution in [0, 0.1) is 5.41 Å². The summed E-state index contributed by atoms with van der Waals surface area (Å²) in [5, 5.41) is 11.2. The minimum atomic E-state index is -3.70. The standard InChI is InChI=1S/C22H31N7O5S/c1-22(2)5-8-28(9-6-22)35(31,32)29-13-17-19(14-29)34-15-16-12-27(26-25-16)10-11-33-18-4-3-7-23-20(18)21(30)24-17/h3-4,7,12,17,19H,5-6,8-11,13-15H2,1-2H3,(H,24,30)/t17-,19-/m0/s1. The normalized spacial score (nSPS) is 26.2. The van der Waals surface area contributed by atoms with Gasteiger partial charge < -0.3 is 14.8 Å². The van der Waals surface area contributed by atoms with Gasteiger partial charge >= 0.3 is 0 Å². The highest BCUT2D eigenvalue weighted by Gasteiger charge is 2.44. The number of nitrogens with one attached hydrogen (secondary N) is 1. The Labute approximate surface area is 204 Å². The Balaban J connectivity index is 1.39. The average Bonchev–Trinajstić information content (AvgIpc) is 3.44. The van der Waals surface area contributed by atoms with Gasteiger partial charge in [-0.15, -0.1) is 5.10 Å². The van der Waals surface area contributed by atoms with Crippen molar-refractivity contribution in [2.45, 2.75) is 52.0 Å². The maximum absolute atomic E-state index is 13.5. The highest BCUT2D eigenvalue weighted by atomic mass is 32.2. The quantitative estimate of drug-likeness (QED) is 0.622. The highest BCUT2D eigenvalue weighted by molar-refractivity contribution is 7.86. The molecule has 1 amide bonds. The molecule has 2 aromatic rings. The molecule has 5 heterocycles. The molecule has 0 unspecified atom stereocenters. The number of piperidine rings is 1. The van der Waals surface area contributed by atoms with E-state index < -0.39 is 28.3 Å². The molecule has 35 heavy (non-hydrogen) atoms. The minimum absolute atomic E-state index is 0.106. The van der Waals surface area contributed by atoms with Gasteiger partial charge in [0.2, 0.25) is 0 Å². The Bertz CT molecular complexity index is 1170. The second-order valence-electron chi connectivity index (χ2n) is 9.99. The monoisotopic (exact) mass is 505 g/mol. The predicted molar refractivity (Wildman–Crippen MR) is 125 cm³/mol. The second kappa shape index (κ2) is 9.45. The van der Waals surface area contributed by atoms with E-state index in [4.69, 9.17) is 9.47 Å². The van der Waals surface area contributed by atoms with Crippen LogP contribution >= 0.6 is 0 Å². The molecule has 1 N–H and O–H groups in total. The first-order valence-electron chi connectivity index (χ1n) is 11.9. The van der Waals surface area contributed by atoms with Gasteiger partial charge in [0.25, 0.3) is 16.1 Å². The Kier molecular flexibility index (Phi) is 6.51. The number of aromatic nitrogens is 4. The van der Waals surface area contributed by atoms with Crippen molar-refractivity contribution in [2.75, 3.05) is 32.8 Å². The predicted octanol–water partition coefficient (Wildman–Crippen LogP) is 0.432. The smallest absolute Gasteiger partial charge is 0.282 e. The van der Waals surface area contributed by atoms with Crippen LogP contribution in [0.25, 0.3) is 0 Å². The average molecular weight is 506 g/mol. The molecule has 0 spiro atoms. The molecule has 2 saturated heterocycles. The summed E-state index contributed by atoms with van der Waals surface area (Å²) >= 11 is 0. The molecule has 5 rings (SSSR count). The van der Waals surface area contributed by atoms with Crippen molar-refractivity contribution in [3.63, 3.8) is 0 Å². The van der Waals surface area contributed by atoms with Crippen molar-refractivity contribution in [1.29, 1.82) is 0 Å². The highest BCUT2D eigenvalue weighted by Crippen LogP contribution is 2.32. The van der Waals surface area contributed by atoms with Crippen LogP contribution in [-0.4, -0.2) is 87.8 Å². The molecule has 2 aromatic heterocycles. The molecule has 2 atom stereocenters. The summed E-state index contributed by atoms with van der Waals surface area (Å²) in [5.41, 5.74) is 0.888. The molecule has 0 radical (unpaired) electrons. The minimum Gasteiger partial charge on any atom is -0.489 e. The van der Waals surface area contributed by atoms with Gasteiger partial charge in [-0.3, -0.25) is 4.79 Å². The SMILES string of the molecule is CC1(C)CCN(S(=O)(=O)N2C[C@@H]3NC(=O)c4ncccc4OCCn4cc(nn4)CO[C@H]3C2)CC1.